The van der Waals surface area contributed by atoms with Crippen LogP contribution in [0.25, 0.3) is 0 Å². The Bertz CT molecular complexity index is 649. The predicted octanol–water partition coefficient (Wildman–Crippen LogP) is 1.69. The van der Waals surface area contributed by atoms with E-state index in [4.69, 9.17) is 9.84 Å². The van der Waals surface area contributed by atoms with Gasteiger partial charge >= 0.3 is 12.2 Å². The van der Waals surface area contributed by atoms with Crippen LogP contribution < -0.4 is 0 Å². The van der Waals surface area contributed by atoms with Crippen molar-refractivity contribution in [2.24, 2.45) is 5.92 Å². The molecule has 1 aromatic carbocycles. The highest BCUT2D eigenvalue weighted by atomic mass is 16.6. The maximum absolute atomic E-state index is 12.3. The minimum absolute atomic E-state index is 0.0472. The van der Waals surface area contributed by atoms with Gasteiger partial charge in [0.1, 0.15) is 6.61 Å². The third-order valence-corrected chi connectivity index (χ3v) is 5.66. The van der Waals surface area contributed by atoms with E-state index < -0.39 is 6.09 Å². The number of carbonyl (C=O) groups excluding carboxylic acids is 1. The summed E-state index contributed by atoms with van der Waals surface area (Å²) in [5.74, 6) is 0.434. The van der Waals surface area contributed by atoms with Crippen LogP contribution in [0.5, 0.6) is 0 Å². The molecule has 154 valence electrons. The smallest absolute Gasteiger partial charge is 0.410 e. The fraction of sp³-hybridized carbons (Fsp3) is 0.600. The molecule has 0 aromatic heterocycles. The quantitative estimate of drug-likeness (QED) is 0.793. The minimum atomic E-state index is -0.930. The number of piperazine rings is 1. The number of hydrogen-bond acceptors (Lipinski definition) is 5. The van der Waals surface area contributed by atoms with E-state index in [0.29, 0.717) is 38.6 Å². The Balaban J connectivity index is 1.41. The highest BCUT2D eigenvalue weighted by molar-refractivity contribution is 5.67. The fourth-order valence-corrected chi connectivity index (χ4v) is 3.92. The van der Waals surface area contributed by atoms with Crippen molar-refractivity contribution in [3.8, 4) is 0 Å². The molecule has 2 saturated heterocycles. The average molecular weight is 391 g/mol. The molecule has 0 saturated carbocycles. The lowest BCUT2D eigenvalue weighted by molar-refractivity contribution is 0.0238. The van der Waals surface area contributed by atoms with Crippen LogP contribution in [0.1, 0.15) is 18.4 Å². The maximum Gasteiger partial charge on any atom is 0.410 e. The molecule has 2 amide bonds. The van der Waals surface area contributed by atoms with E-state index in [1.54, 1.807) is 4.90 Å². The van der Waals surface area contributed by atoms with Crippen LogP contribution in [0.4, 0.5) is 9.59 Å². The van der Waals surface area contributed by atoms with E-state index in [-0.39, 0.29) is 25.3 Å². The van der Waals surface area contributed by atoms with Crippen molar-refractivity contribution in [2.45, 2.75) is 25.5 Å². The Labute approximate surface area is 165 Å². The summed E-state index contributed by atoms with van der Waals surface area (Å²) in [6.45, 7) is 3.84. The van der Waals surface area contributed by atoms with Gasteiger partial charge in [-0.15, -0.1) is 0 Å². The number of aliphatic hydroxyl groups is 1. The van der Waals surface area contributed by atoms with Crippen LogP contribution in [0.3, 0.4) is 0 Å². The lowest BCUT2D eigenvalue weighted by Crippen LogP contribution is -2.57. The van der Waals surface area contributed by atoms with Crippen LogP contribution in [0.15, 0.2) is 30.3 Å². The number of ether oxygens (including phenoxy) is 1. The standard InChI is InChI=1S/C20H29N3O5/c24-14-18-13-23(19(25)26)11-10-22(18)12-16-6-8-21(9-7-16)20(27)28-15-17-4-2-1-3-5-17/h1-5,16,18,24H,6-15H2,(H,25,26). The lowest BCUT2D eigenvalue weighted by Gasteiger charge is -2.42. The molecule has 0 bridgehead atoms. The van der Waals surface area contributed by atoms with Gasteiger partial charge in [-0.05, 0) is 24.3 Å². The van der Waals surface area contributed by atoms with Gasteiger partial charge in [-0.3, -0.25) is 4.90 Å². The van der Waals surface area contributed by atoms with Crippen LogP contribution in [-0.2, 0) is 11.3 Å². The Kier molecular flexibility index (Phi) is 7.11. The number of piperidine rings is 1. The Morgan fingerprint density at radius 1 is 1.04 bits per heavy atom. The second-order valence-electron chi connectivity index (χ2n) is 7.53. The zero-order valence-corrected chi connectivity index (χ0v) is 16.1. The highest BCUT2D eigenvalue weighted by Gasteiger charge is 2.32. The summed E-state index contributed by atoms with van der Waals surface area (Å²) in [4.78, 5) is 28.7. The molecule has 2 N–H and O–H groups in total. The number of aliphatic hydroxyl groups excluding tert-OH is 1. The number of hydrogen-bond donors (Lipinski definition) is 2. The molecule has 2 aliphatic heterocycles. The van der Waals surface area contributed by atoms with E-state index in [1.165, 1.54) is 4.90 Å². The number of nitrogens with zero attached hydrogens (tertiary/aromatic N) is 3. The fourth-order valence-electron chi connectivity index (χ4n) is 3.92. The highest BCUT2D eigenvalue weighted by Crippen LogP contribution is 2.22. The van der Waals surface area contributed by atoms with Gasteiger partial charge in [-0.1, -0.05) is 30.3 Å². The van der Waals surface area contributed by atoms with Gasteiger partial charge in [0.2, 0.25) is 0 Å². The van der Waals surface area contributed by atoms with Crippen molar-refractivity contribution in [1.82, 2.24) is 14.7 Å². The number of carboxylic acid groups (broad SMARTS) is 1. The van der Waals surface area contributed by atoms with Gasteiger partial charge in [0.25, 0.3) is 0 Å². The van der Waals surface area contributed by atoms with Crippen LogP contribution >= 0.6 is 0 Å². The number of rotatable bonds is 5. The molecule has 2 fully saturated rings. The van der Waals surface area contributed by atoms with E-state index in [2.05, 4.69) is 4.90 Å². The summed E-state index contributed by atoms with van der Waals surface area (Å²) in [6, 6.07) is 9.48. The van der Waals surface area contributed by atoms with Crippen molar-refractivity contribution >= 4 is 12.2 Å². The van der Waals surface area contributed by atoms with Gasteiger partial charge < -0.3 is 24.7 Å². The van der Waals surface area contributed by atoms with Crippen LogP contribution in [-0.4, -0.2) is 89.0 Å². The summed E-state index contributed by atoms with van der Waals surface area (Å²) in [5, 5.41) is 18.8. The largest absolute Gasteiger partial charge is 0.465 e. The number of amides is 2. The summed E-state index contributed by atoms with van der Waals surface area (Å²) < 4.78 is 5.40. The van der Waals surface area contributed by atoms with Gasteiger partial charge in [0.05, 0.1) is 12.6 Å². The van der Waals surface area contributed by atoms with E-state index >= 15 is 0 Å². The second kappa shape index (κ2) is 9.75. The first-order valence-electron chi connectivity index (χ1n) is 9.85. The predicted molar refractivity (Wildman–Crippen MR) is 103 cm³/mol. The monoisotopic (exact) mass is 391 g/mol. The molecule has 1 atom stereocenters. The van der Waals surface area contributed by atoms with Crippen LogP contribution in [0.2, 0.25) is 0 Å². The molecule has 3 rings (SSSR count). The van der Waals surface area contributed by atoms with Crippen molar-refractivity contribution in [1.29, 1.82) is 0 Å². The SMILES string of the molecule is O=C(O)N1CCN(CC2CCN(C(=O)OCc3ccccc3)CC2)C(CO)C1. The summed E-state index contributed by atoms with van der Waals surface area (Å²) in [6.07, 6.45) is 0.571. The first kappa shape index (κ1) is 20.4. The van der Waals surface area contributed by atoms with Gasteiger partial charge in [-0.25, -0.2) is 9.59 Å². The van der Waals surface area contributed by atoms with E-state index in [9.17, 15) is 14.7 Å². The summed E-state index contributed by atoms with van der Waals surface area (Å²) in [7, 11) is 0. The third-order valence-electron chi connectivity index (χ3n) is 5.66. The molecule has 1 aromatic rings. The van der Waals surface area contributed by atoms with Gasteiger partial charge in [0, 0.05) is 39.3 Å². The molecule has 28 heavy (non-hydrogen) atoms. The van der Waals surface area contributed by atoms with Crippen molar-refractivity contribution in [3.63, 3.8) is 0 Å². The van der Waals surface area contributed by atoms with Crippen LogP contribution in [0, 0.1) is 5.92 Å². The lowest BCUT2D eigenvalue weighted by atomic mass is 9.95. The Morgan fingerprint density at radius 3 is 2.39 bits per heavy atom. The molecule has 2 heterocycles. The zero-order chi connectivity index (χ0) is 19.9. The van der Waals surface area contributed by atoms with Crippen molar-refractivity contribution < 1.29 is 24.5 Å². The second-order valence-corrected chi connectivity index (χ2v) is 7.53. The first-order valence-corrected chi connectivity index (χ1v) is 9.85. The molecule has 8 nitrogen and oxygen atoms in total. The van der Waals surface area contributed by atoms with Gasteiger partial charge in [-0.2, -0.15) is 0 Å². The summed E-state index contributed by atoms with van der Waals surface area (Å²) >= 11 is 0. The minimum Gasteiger partial charge on any atom is -0.465 e. The van der Waals surface area contributed by atoms with Crippen molar-refractivity contribution in [3.05, 3.63) is 35.9 Å². The third kappa shape index (κ3) is 5.36. The molecular formula is C20H29N3O5. The molecule has 8 heteroatoms. The molecule has 0 radical (unpaired) electrons. The molecule has 0 spiro atoms. The van der Waals surface area contributed by atoms with E-state index in [1.807, 2.05) is 30.3 Å². The number of likely N-dealkylation sites (tertiary alicyclic amines) is 1. The Hall–Kier alpha value is -2.32. The number of benzene rings is 1. The normalized spacial score (nSPS) is 21.5. The molecule has 1 unspecified atom stereocenters. The van der Waals surface area contributed by atoms with Crippen molar-refractivity contribution in [2.75, 3.05) is 45.9 Å². The topological polar surface area (TPSA) is 93.6 Å². The average Bonchev–Trinajstić information content (AvgIpc) is 2.73. The Morgan fingerprint density at radius 2 is 1.75 bits per heavy atom. The summed E-state index contributed by atoms with van der Waals surface area (Å²) in [5.41, 5.74) is 0.973. The molecule has 0 aliphatic carbocycles. The first-order chi connectivity index (χ1) is 13.6. The van der Waals surface area contributed by atoms with E-state index in [0.717, 1.165) is 24.9 Å². The molecular weight excluding hydrogens is 362 g/mol. The molecule has 2 aliphatic rings. The zero-order valence-electron chi connectivity index (χ0n) is 16.1. The van der Waals surface area contributed by atoms with Gasteiger partial charge in [0.15, 0.2) is 0 Å². The number of carbonyl (C=O) groups is 2. The maximum atomic E-state index is 12.3.